The Morgan fingerprint density at radius 2 is 1.96 bits per heavy atom. The van der Waals surface area contributed by atoms with Gasteiger partial charge in [-0.25, -0.2) is 0 Å². The molecule has 2 aromatic rings. The Kier molecular flexibility index (Phi) is 8.01. The zero-order chi connectivity index (χ0) is 17.2. The number of amides is 1. The van der Waals surface area contributed by atoms with Crippen molar-refractivity contribution >= 4 is 28.1 Å². The summed E-state index contributed by atoms with van der Waals surface area (Å²) in [5.41, 5.74) is 7.19. The Labute approximate surface area is 143 Å². The number of aromatic hydroxyl groups is 1. The first-order valence-corrected chi connectivity index (χ1v) is 7.72. The lowest BCUT2D eigenvalue weighted by molar-refractivity contribution is 0.1000. The smallest absolute Gasteiger partial charge is 0.248 e. The van der Waals surface area contributed by atoms with Gasteiger partial charge in [0.15, 0.2) is 0 Å². The van der Waals surface area contributed by atoms with Crippen LogP contribution in [0.3, 0.4) is 0 Å². The molecule has 0 aliphatic heterocycles. The van der Waals surface area contributed by atoms with E-state index >= 15 is 0 Å². The van der Waals surface area contributed by atoms with Gasteiger partial charge in [-0.05, 0) is 42.8 Å². The summed E-state index contributed by atoms with van der Waals surface area (Å²) in [6, 6.07) is 12.0. The first kappa shape index (κ1) is 18.9. The van der Waals surface area contributed by atoms with Crippen LogP contribution in [-0.2, 0) is 11.3 Å². The monoisotopic (exact) mass is 378 g/mol. The Balaban J connectivity index is 0.000000238. The summed E-state index contributed by atoms with van der Waals surface area (Å²) >= 11 is 3.22. The van der Waals surface area contributed by atoms with E-state index in [1.54, 1.807) is 30.3 Å². The Morgan fingerprint density at radius 1 is 1.30 bits per heavy atom. The second kappa shape index (κ2) is 9.76. The van der Waals surface area contributed by atoms with Crippen molar-refractivity contribution < 1.29 is 14.6 Å². The summed E-state index contributed by atoms with van der Waals surface area (Å²) in [7, 11) is 0. The topological polar surface area (TPSA) is 96.4 Å². The standard InChI is InChI=1S/C10H13NO2.C7H6BrNO/c1-2-13-7-8-3-5-9(6-4-8)10(11)12;8-6-1-2-7(10)5(3-6)4-9/h3-6H,2,7H2,1H3,(H2,11,12);1-4,9-10H. The largest absolute Gasteiger partial charge is 0.507 e. The third-order valence-electron chi connectivity index (χ3n) is 2.86. The molecule has 0 heterocycles. The number of benzene rings is 2. The average Bonchev–Trinajstić information content (AvgIpc) is 2.56. The quantitative estimate of drug-likeness (QED) is 0.694. The molecule has 0 aliphatic carbocycles. The molecule has 0 spiro atoms. The average molecular weight is 379 g/mol. The number of halogens is 1. The van der Waals surface area contributed by atoms with Gasteiger partial charge < -0.3 is 21.0 Å². The number of hydrogen-bond donors (Lipinski definition) is 3. The lowest BCUT2D eigenvalue weighted by atomic mass is 10.1. The predicted molar refractivity (Wildman–Crippen MR) is 94.0 cm³/mol. The number of phenols is 1. The number of carbonyl (C=O) groups is 1. The van der Waals surface area contributed by atoms with E-state index in [0.29, 0.717) is 24.3 Å². The molecule has 0 atom stereocenters. The van der Waals surface area contributed by atoms with Crippen LogP contribution in [0.2, 0.25) is 0 Å². The molecular formula is C17H19BrN2O3. The molecule has 4 N–H and O–H groups in total. The van der Waals surface area contributed by atoms with Gasteiger partial charge in [0.1, 0.15) is 5.75 Å². The molecule has 2 rings (SSSR count). The van der Waals surface area contributed by atoms with Crippen molar-refractivity contribution in [2.45, 2.75) is 13.5 Å². The molecule has 0 fully saturated rings. The lowest BCUT2D eigenvalue weighted by Gasteiger charge is -2.01. The number of primary amides is 1. The van der Waals surface area contributed by atoms with Crippen LogP contribution in [0.5, 0.6) is 5.75 Å². The van der Waals surface area contributed by atoms with Crippen molar-refractivity contribution in [3.8, 4) is 5.75 Å². The predicted octanol–water partition coefficient (Wildman–Crippen LogP) is 3.47. The molecule has 0 radical (unpaired) electrons. The van der Waals surface area contributed by atoms with Crippen LogP contribution in [-0.4, -0.2) is 23.8 Å². The Morgan fingerprint density at radius 3 is 2.43 bits per heavy atom. The summed E-state index contributed by atoms with van der Waals surface area (Å²) < 4.78 is 6.07. The van der Waals surface area contributed by atoms with Crippen molar-refractivity contribution in [3.63, 3.8) is 0 Å². The van der Waals surface area contributed by atoms with E-state index in [2.05, 4.69) is 15.9 Å². The van der Waals surface area contributed by atoms with Crippen LogP contribution < -0.4 is 5.73 Å². The molecule has 5 nitrogen and oxygen atoms in total. The molecule has 2 aromatic carbocycles. The SMILES string of the molecule is CCOCc1ccc(C(N)=O)cc1.N=Cc1cc(Br)ccc1O. The van der Waals surface area contributed by atoms with Crippen LogP contribution in [0.4, 0.5) is 0 Å². The molecule has 0 bridgehead atoms. The van der Waals surface area contributed by atoms with Crippen molar-refractivity contribution in [1.82, 2.24) is 0 Å². The van der Waals surface area contributed by atoms with Crippen LogP contribution in [0, 0.1) is 5.41 Å². The second-order valence-corrected chi connectivity index (χ2v) is 5.46. The maximum absolute atomic E-state index is 10.7. The molecule has 122 valence electrons. The fourth-order valence-electron chi connectivity index (χ4n) is 1.63. The molecule has 1 amide bonds. The molecule has 0 aliphatic rings. The number of phenolic OH excluding ortho intramolecular Hbond substituents is 1. The van der Waals surface area contributed by atoms with Gasteiger partial charge in [-0.15, -0.1) is 0 Å². The highest BCUT2D eigenvalue weighted by Crippen LogP contribution is 2.19. The van der Waals surface area contributed by atoms with Gasteiger partial charge in [-0.3, -0.25) is 4.79 Å². The van der Waals surface area contributed by atoms with Gasteiger partial charge in [0.2, 0.25) is 5.91 Å². The second-order valence-electron chi connectivity index (χ2n) is 4.55. The van der Waals surface area contributed by atoms with Gasteiger partial charge in [-0.2, -0.15) is 0 Å². The van der Waals surface area contributed by atoms with Gasteiger partial charge in [0, 0.05) is 28.4 Å². The summed E-state index contributed by atoms with van der Waals surface area (Å²) in [4.78, 5) is 10.7. The maximum Gasteiger partial charge on any atom is 0.248 e. The molecule has 6 heteroatoms. The summed E-state index contributed by atoms with van der Waals surface area (Å²) in [5.74, 6) is -0.263. The van der Waals surface area contributed by atoms with Crippen LogP contribution in [0.15, 0.2) is 46.9 Å². The minimum Gasteiger partial charge on any atom is -0.507 e. The van der Waals surface area contributed by atoms with E-state index in [1.807, 2.05) is 19.1 Å². The molecule has 0 saturated heterocycles. The Bertz CT molecular complexity index is 657. The van der Waals surface area contributed by atoms with Crippen molar-refractivity contribution in [2.24, 2.45) is 5.73 Å². The third-order valence-corrected chi connectivity index (χ3v) is 3.35. The number of nitrogens with one attached hydrogen (secondary N) is 1. The number of hydrogen-bond acceptors (Lipinski definition) is 4. The molecule has 23 heavy (non-hydrogen) atoms. The van der Waals surface area contributed by atoms with Gasteiger partial charge >= 0.3 is 0 Å². The summed E-state index contributed by atoms with van der Waals surface area (Å²) in [5, 5.41) is 15.9. The molecule has 0 unspecified atom stereocenters. The fourth-order valence-corrected chi connectivity index (χ4v) is 2.00. The normalized spacial score (nSPS) is 9.65. The van der Waals surface area contributed by atoms with E-state index < -0.39 is 5.91 Å². The van der Waals surface area contributed by atoms with Crippen molar-refractivity contribution in [1.29, 1.82) is 5.41 Å². The zero-order valence-electron chi connectivity index (χ0n) is 12.8. The van der Waals surface area contributed by atoms with Crippen molar-refractivity contribution in [3.05, 3.63) is 63.6 Å². The van der Waals surface area contributed by atoms with Gasteiger partial charge in [-0.1, -0.05) is 28.1 Å². The molecule has 0 saturated carbocycles. The minimum atomic E-state index is -0.400. The highest BCUT2D eigenvalue weighted by atomic mass is 79.9. The number of rotatable bonds is 5. The fraction of sp³-hybridized carbons (Fsp3) is 0.176. The highest BCUT2D eigenvalue weighted by molar-refractivity contribution is 9.10. The molecular weight excluding hydrogens is 360 g/mol. The highest BCUT2D eigenvalue weighted by Gasteiger charge is 1.99. The first-order valence-electron chi connectivity index (χ1n) is 6.93. The van der Waals surface area contributed by atoms with Gasteiger partial charge in [0.05, 0.1) is 6.61 Å². The summed E-state index contributed by atoms with van der Waals surface area (Å²) in [6.45, 7) is 3.21. The van der Waals surface area contributed by atoms with E-state index in [-0.39, 0.29) is 5.75 Å². The number of carbonyl (C=O) groups excluding carboxylic acids is 1. The minimum absolute atomic E-state index is 0.137. The van der Waals surface area contributed by atoms with Gasteiger partial charge in [0.25, 0.3) is 0 Å². The maximum atomic E-state index is 10.7. The number of ether oxygens (including phenoxy) is 1. The third kappa shape index (κ3) is 6.63. The number of nitrogens with two attached hydrogens (primary N) is 1. The molecule has 0 aromatic heterocycles. The van der Waals surface area contributed by atoms with E-state index in [4.69, 9.17) is 21.0 Å². The van der Waals surface area contributed by atoms with Crippen molar-refractivity contribution in [2.75, 3.05) is 6.61 Å². The van der Waals surface area contributed by atoms with E-state index in [0.717, 1.165) is 16.3 Å². The summed E-state index contributed by atoms with van der Waals surface area (Å²) in [6.07, 6.45) is 1.11. The van der Waals surface area contributed by atoms with Crippen LogP contribution >= 0.6 is 15.9 Å². The zero-order valence-corrected chi connectivity index (χ0v) is 14.3. The first-order chi connectivity index (χ1) is 11.0. The van der Waals surface area contributed by atoms with E-state index in [9.17, 15) is 4.79 Å². The van der Waals surface area contributed by atoms with Crippen LogP contribution in [0.25, 0.3) is 0 Å². The lowest BCUT2D eigenvalue weighted by Crippen LogP contribution is -2.10. The Hall–Kier alpha value is -2.18. The van der Waals surface area contributed by atoms with Crippen LogP contribution in [0.1, 0.15) is 28.4 Å². The van der Waals surface area contributed by atoms with E-state index in [1.165, 1.54) is 0 Å².